The number of hydrogen-bond donors (Lipinski definition) is 2. The highest BCUT2D eigenvalue weighted by molar-refractivity contribution is 7.98. The summed E-state index contributed by atoms with van der Waals surface area (Å²) in [7, 11) is 0. The van der Waals surface area contributed by atoms with E-state index in [4.69, 9.17) is 4.42 Å². The van der Waals surface area contributed by atoms with Gasteiger partial charge in [0.25, 0.3) is 5.91 Å². The third kappa shape index (κ3) is 4.77. The lowest BCUT2D eigenvalue weighted by Crippen LogP contribution is -2.34. The summed E-state index contributed by atoms with van der Waals surface area (Å²) in [4.78, 5) is 38.6. The van der Waals surface area contributed by atoms with Gasteiger partial charge in [-0.3, -0.25) is 18.9 Å². The van der Waals surface area contributed by atoms with Crippen molar-refractivity contribution in [2.75, 3.05) is 12.0 Å². The van der Waals surface area contributed by atoms with Crippen LogP contribution < -0.4 is 10.6 Å². The lowest BCUT2D eigenvalue weighted by molar-refractivity contribution is -0.128. The Balaban J connectivity index is 1.36. The van der Waals surface area contributed by atoms with Crippen molar-refractivity contribution < 1.29 is 18.8 Å². The first-order chi connectivity index (χ1) is 15.6. The second-order valence-corrected chi connectivity index (χ2v) is 8.42. The summed E-state index contributed by atoms with van der Waals surface area (Å²) < 4.78 is 7.07. The molecule has 0 aliphatic carbocycles. The summed E-state index contributed by atoms with van der Waals surface area (Å²) in [5, 5.41) is 14.1. The molecule has 4 amide bonds. The van der Waals surface area contributed by atoms with Crippen LogP contribution in [0.25, 0.3) is 5.65 Å². The molecule has 0 bridgehead atoms. The maximum absolute atomic E-state index is 12.7. The van der Waals surface area contributed by atoms with Crippen molar-refractivity contribution in [1.29, 1.82) is 0 Å². The van der Waals surface area contributed by atoms with Crippen LogP contribution in [-0.2, 0) is 16.1 Å². The van der Waals surface area contributed by atoms with Crippen molar-refractivity contribution in [3.8, 4) is 0 Å². The number of rotatable bonds is 10. The zero-order valence-electron chi connectivity index (χ0n) is 17.6. The molecule has 0 aromatic carbocycles. The Morgan fingerprint density at radius 1 is 1.28 bits per heavy atom. The number of urea groups is 1. The minimum Gasteiger partial charge on any atom is -0.467 e. The second kappa shape index (κ2) is 9.86. The van der Waals surface area contributed by atoms with Gasteiger partial charge < -0.3 is 15.1 Å². The summed E-state index contributed by atoms with van der Waals surface area (Å²) in [5.74, 6) is 1.45. The molecule has 1 fully saturated rings. The van der Waals surface area contributed by atoms with E-state index in [-0.39, 0.29) is 37.2 Å². The Bertz CT molecular complexity index is 1100. The molecule has 4 rings (SSSR count). The monoisotopic (exact) mass is 456 g/mol. The molecule has 0 saturated carbocycles. The first-order valence-electron chi connectivity index (χ1n) is 10.3. The number of carbonyl (C=O) groups excluding carboxylic acids is 3. The Morgan fingerprint density at radius 3 is 2.94 bits per heavy atom. The lowest BCUT2D eigenvalue weighted by Gasteiger charge is -2.17. The molecule has 0 spiro atoms. The van der Waals surface area contributed by atoms with E-state index in [1.807, 2.05) is 35.1 Å². The molecule has 3 aromatic rings. The largest absolute Gasteiger partial charge is 0.467 e. The molecule has 0 radical (unpaired) electrons. The van der Waals surface area contributed by atoms with Gasteiger partial charge in [0.1, 0.15) is 11.8 Å². The van der Waals surface area contributed by atoms with Crippen molar-refractivity contribution >= 4 is 35.3 Å². The Kier molecular flexibility index (Phi) is 6.74. The topological polar surface area (TPSA) is 122 Å². The first-order valence-corrected chi connectivity index (χ1v) is 11.7. The molecule has 1 saturated heterocycles. The molecule has 1 aliphatic heterocycles. The van der Waals surface area contributed by atoms with Crippen molar-refractivity contribution in [1.82, 2.24) is 30.1 Å². The van der Waals surface area contributed by atoms with Gasteiger partial charge in [-0.05, 0) is 49.1 Å². The quantitative estimate of drug-likeness (QED) is 0.448. The van der Waals surface area contributed by atoms with Gasteiger partial charge in [0, 0.05) is 12.6 Å². The highest BCUT2D eigenvalue weighted by Crippen LogP contribution is 2.20. The van der Waals surface area contributed by atoms with E-state index in [2.05, 4.69) is 20.8 Å². The van der Waals surface area contributed by atoms with Crippen LogP contribution in [0.4, 0.5) is 4.79 Å². The summed E-state index contributed by atoms with van der Waals surface area (Å²) >= 11 is 1.68. The molecular formula is C21H24N6O4S. The van der Waals surface area contributed by atoms with Crippen molar-refractivity contribution in [3.05, 3.63) is 54.4 Å². The fraction of sp³-hybridized carbons (Fsp3) is 0.381. The summed E-state index contributed by atoms with van der Waals surface area (Å²) in [6.45, 7) is 0.0665. The fourth-order valence-electron chi connectivity index (χ4n) is 3.62. The van der Waals surface area contributed by atoms with Gasteiger partial charge >= 0.3 is 6.03 Å². The predicted molar refractivity (Wildman–Crippen MR) is 118 cm³/mol. The number of nitrogens with zero attached hydrogens (tertiary/aromatic N) is 4. The smallest absolute Gasteiger partial charge is 0.325 e. The molecule has 2 unspecified atom stereocenters. The number of pyridine rings is 1. The van der Waals surface area contributed by atoms with Crippen LogP contribution in [0.5, 0.6) is 0 Å². The van der Waals surface area contributed by atoms with Gasteiger partial charge in [-0.25, -0.2) is 4.79 Å². The number of hydrogen-bond acceptors (Lipinski definition) is 7. The van der Waals surface area contributed by atoms with Crippen LogP contribution in [-0.4, -0.2) is 55.4 Å². The molecule has 10 nitrogen and oxygen atoms in total. The highest BCUT2D eigenvalue weighted by atomic mass is 32.2. The van der Waals surface area contributed by atoms with E-state index >= 15 is 0 Å². The molecule has 2 N–H and O–H groups in total. The fourth-order valence-corrected chi connectivity index (χ4v) is 4.09. The predicted octanol–water partition coefficient (Wildman–Crippen LogP) is 2.13. The van der Waals surface area contributed by atoms with Crippen molar-refractivity contribution in [2.45, 2.75) is 37.9 Å². The molecule has 3 aromatic heterocycles. The second-order valence-electron chi connectivity index (χ2n) is 7.43. The first kappa shape index (κ1) is 21.9. The van der Waals surface area contributed by atoms with E-state index in [1.54, 1.807) is 23.9 Å². The van der Waals surface area contributed by atoms with Gasteiger partial charge in [-0.15, -0.1) is 10.2 Å². The minimum atomic E-state index is -0.734. The summed E-state index contributed by atoms with van der Waals surface area (Å²) in [6, 6.07) is 7.49. The molecular weight excluding hydrogens is 432 g/mol. The van der Waals surface area contributed by atoms with Gasteiger partial charge in [-0.2, -0.15) is 11.8 Å². The zero-order valence-corrected chi connectivity index (χ0v) is 18.4. The van der Waals surface area contributed by atoms with Crippen LogP contribution in [0.15, 0.2) is 47.2 Å². The van der Waals surface area contributed by atoms with Gasteiger partial charge in [0.15, 0.2) is 11.5 Å². The van der Waals surface area contributed by atoms with Crippen LogP contribution >= 0.6 is 11.8 Å². The number of imide groups is 1. The number of furan rings is 1. The Labute approximate surface area is 188 Å². The molecule has 2 atom stereocenters. The van der Waals surface area contributed by atoms with Crippen molar-refractivity contribution in [2.24, 2.45) is 0 Å². The normalized spacial score (nSPS) is 17.0. The standard InChI is InChI=1S/C21H24N6O4S/c1-32-12-9-15(19-25-24-17-6-2-3-10-26(17)19)22-18(28)8-7-16-20(29)27(21(30)23-16)13-14-5-4-11-31-14/h2-6,10-11,15-16H,7-9,12-13H2,1H3,(H,22,28)(H,23,30). The minimum absolute atomic E-state index is 0.0665. The average Bonchev–Trinajstić information content (AvgIpc) is 3.52. The zero-order chi connectivity index (χ0) is 22.5. The maximum atomic E-state index is 12.7. The van der Waals surface area contributed by atoms with E-state index < -0.39 is 12.1 Å². The van der Waals surface area contributed by atoms with Gasteiger partial charge in [0.05, 0.1) is 18.8 Å². The number of aromatic nitrogens is 3. The highest BCUT2D eigenvalue weighted by Gasteiger charge is 2.38. The molecule has 1 aliphatic rings. The maximum Gasteiger partial charge on any atom is 0.325 e. The number of thioether (sulfide) groups is 1. The SMILES string of the molecule is CSCCC(NC(=O)CCC1NC(=O)N(Cc2ccco2)C1=O)c1nnc2ccccn12. The molecule has 168 valence electrons. The number of nitrogens with one attached hydrogen (secondary N) is 2. The summed E-state index contributed by atoms with van der Waals surface area (Å²) in [5.41, 5.74) is 0.710. The van der Waals surface area contributed by atoms with E-state index in [1.165, 1.54) is 6.26 Å². The third-order valence-electron chi connectivity index (χ3n) is 5.26. The number of carbonyl (C=O) groups is 3. The van der Waals surface area contributed by atoms with E-state index in [0.717, 1.165) is 10.7 Å². The van der Waals surface area contributed by atoms with Crippen LogP contribution in [0.1, 0.15) is 36.9 Å². The number of amides is 4. The van der Waals surface area contributed by atoms with Gasteiger partial charge in [-0.1, -0.05) is 6.07 Å². The van der Waals surface area contributed by atoms with Crippen LogP contribution in [0, 0.1) is 0 Å². The number of fused-ring (bicyclic) bond motifs is 1. The van der Waals surface area contributed by atoms with E-state index in [9.17, 15) is 14.4 Å². The Hall–Kier alpha value is -3.34. The lowest BCUT2D eigenvalue weighted by atomic mass is 10.1. The van der Waals surface area contributed by atoms with Gasteiger partial charge in [0.2, 0.25) is 5.91 Å². The Morgan fingerprint density at radius 2 is 2.16 bits per heavy atom. The van der Waals surface area contributed by atoms with E-state index in [0.29, 0.717) is 23.7 Å². The molecule has 11 heteroatoms. The van der Waals surface area contributed by atoms with Crippen LogP contribution in [0.2, 0.25) is 0 Å². The van der Waals surface area contributed by atoms with Crippen LogP contribution in [0.3, 0.4) is 0 Å². The third-order valence-corrected chi connectivity index (χ3v) is 5.90. The molecule has 32 heavy (non-hydrogen) atoms. The van der Waals surface area contributed by atoms with Crippen molar-refractivity contribution in [3.63, 3.8) is 0 Å². The summed E-state index contributed by atoms with van der Waals surface area (Å²) in [6.07, 6.45) is 6.35. The average molecular weight is 457 g/mol. The molecule has 4 heterocycles.